The molecular formula is C10H15BrClN3O2. The molecule has 0 unspecified atom stereocenters. The fourth-order valence-corrected chi connectivity index (χ4v) is 1.56. The highest BCUT2D eigenvalue weighted by atomic mass is 79.9. The predicted octanol–water partition coefficient (Wildman–Crippen LogP) is 2.36. The molecule has 0 spiro atoms. The van der Waals surface area contributed by atoms with Crippen molar-refractivity contribution in [3.05, 3.63) is 16.0 Å². The van der Waals surface area contributed by atoms with Crippen LogP contribution in [0.3, 0.4) is 0 Å². The Balaban J connectivity index is 2.15. The summed E-state index contributed by atoms with van der Waals surface area (Å²) in [5.41, 5.74) is 0. The second kappa shape index (κ2) is 8.63. The smallest absolute Gasteiger partial charge is 0.224 e. The molecule has 96 valence electrons. The van der Waals surface area contributed by atoms with E-state index in [1.807, 2.05) is 0 Å². The fourth-order valence-electron chi connectivity index (χ4n) is 1.09. The quantitative estimate of drug-likeness (QED) is 0.587. The van der Waals surface area contributed by atoms with E-state index in [-0.39, 0.29) is 5.28 Å². The second-order valence-electron chi connectivity index (χ2n) is 3.22. The average Bonchev–Trinajstić information content (AvgIpc) is 2.32. The average molecular weight is 325 g/mol. The third-order valence-electron chi connectivity index (χ3n) is 1.90. The molecule has 0 aliphatic carbocycles. The minimum Gasteiger partial charge on any atom is -0.382 e. The van der Waals surface area contributed by atoms with Crippen molar-refractivity contribution in [3.8, 4) is 0 Å². The summed E-state index contributed by atoms with van der Waals surface area (Å²) in [6.07, 6.45) is 2.50. The molecule has 0 aliphatic rings. The van der Waals surface area contributed by atoms with Gasteiger partial charge in [-0.3, -0.25) is 0 Å². The molecule has 1 N–H and O–H groups in total. The lowest BCUT2D eigenvalue weighted by Crippen LogP contribution is -2.09. The van der Waals surface area contributed by atoms with Gasteiger partial charge in [0.1, 0.15) is 5.82 Å². The molecule has 0 atom stereocenters. The molecule has 1 rings (SSSR count). The van der Waals surface area contributed by atoms with Crippen molar-refractivity contribution in [2.45, 2.75) is 6.42 Å². The highest BCUT2D eigenvalue weighted by Gasteiger charge is 2.02. The summed E-state index contributed by atoms with van der Waals surface area (Å²) in [4.78, 5) is 7.90. The van der Waals surface area contributed by atoms with Gasteiger partial charge in [-0.05, 0) is 34.0 Å². The molecule has 0 aromatic carbocycles. The zero-order valence-corrected chi connectivity index (χ0v) is 11.9. The Morgan fingerprint density at radius 3 is 3.00 bits per heavy atom. The normalized spacial score (nSPS) is 10.5. The Hall–Kier alpha value is -0.430. The maximum absolute atomic E-state index is 5.69. The first kappa shape index (κ1) is 14.6. The van der Waals surface area contributed by atoms with Crippen LogP contribution in [0, 0.1) is 0 Å². The van der Waals surface area contributed by atoms with Crippen molar-refractivity contribution in [2.24, 2.45) is 0 Å². The van der Waals surface area contributed by atoms with Gasteiger partial charge >= 0.3 is 0 Å². The number of nitrogens with zero attached hydrogens (tertiary/aromatic N) is 2. The first-order valence-corrected chi connectivity index (χ1v) is 6.39. The van der Waals surface area contributed by atoms with Gasteiger partial charge in [0, 0.05) is 26.5 Å². The summed E-state index contributed by atoms with van der Waals surface area (Å²) in [5.74, 6) is 0.696. The van der Waals surface area contributed by atoms with Crippen LogP contribution in [0.25, 0.3) is 0 Å². The minimum atomic E-state index is 0.229. The molecular weight excluding hydrogens is 309 g/mol. The molecule has 0 amide bonds. The lowest BCUT2D eigenvalue weighted by Gasteiger charge is -2.07. The zero-order valence-electron chi connectivity index (χ0n) is 9.58. The van der Waals surface area contributed by atoms with E-state index in [4.69, 9.17) is 21.1 Å². The summed E-state index contributed by atoms with van der Waals surface area (Å²) in [7, 11) is 1.65. The number of hydrogen-bond acceptors (Lipinski definition) is 5. The number of nitrogens with one attached hydrogen (secondary N) is 1. The molecule has 1 heterocycles. The van der Waals surface area contributed by atoms with Gasteiger partial charge in [-0.15, -0.1) is 0 Å². The maximum Gasteiger partial charge on any atom is 0.224 e. The number of hydrogen-bond donors (Lipinski definition) is 1. The van der Waals surface area contributed by atoms with Crippen LogP contribution in [0.1, 0.15) is 6.42 Å². The molecule has 0 bridgehead atoms. The Bertz CT molecular complexity index is 341. The third-order valence-corrected chi connectivity index (χ3v) is 2.67. The van der Waals surface area contributed by atoms with Crippen LogP contribution < -0.4 is 5.32 Å². The van der Waals surface area contributed by atoms with Gasteiger partial charge in [-0.2, -0.15) is 4.98 Å². The topological polar surface area (TPSA) is 56.3 Å². The summed E-state index contributed by atoms with van der Waals surface area (Å²) >= 11 is 9.03. The van der Waals surface area contributed by atoms with Crippen LogP contribution in [0.15, 0.2) is 10.7 Å². The molecule has 0 aliphatic heterocycles. The van der Waals surface area contributed by atoms with Gasteiger partial charge in [0.2, 0.25) is 5.28 Å². The van der Waals surface area contributed by atoms with Gasteiger partial charge in [0.25, 0.3) is 0 Å². The Morgan fingerprint density at radius 2 is 2.24 bits per heavy atom. The standard InChI is InChI=1S/C10H15BrClN3O2/c1-16-5-6-17-4-2-3-13-9-8(11)7-14-10(12)15-9/h7H,2-6H2,1H3,(H,13,14,15). The zero-order chi connectivity index (χ0) is 12.5. The van der Waals surface area contributed by atoms with Crippen molar-refractivity contribution in [1.29, 1.82) is 0 Å². The number of aromatic nitrogens is 2. The minimum absolute atomic E-state index is 0.229. The van der Waals surface area contributed by atoms with E-state index in [9.17, 15) is 0 Å². The number of methoxy groups -OCH3 is 1. The molecule has 1 aromatic heterocycles. The first-order valence-electron chi connectivity index (χ1n) is 5.22. The van der Waals surface area contributed by atoms with Crippen molar-refractivity contribution in [3.63, 3.8) is 0 Å². The molecule has 17 heavy (non-hydrogen) atoms. The lowest BCUT2D eigenvalue weighted by atomic mass is 10.4. The van der Waals surface area contributed by atoms with Crippen molar-refractivity contribution in [1.82, 2.24) is 9.97 Å². The van der Waals surface area contributed by atoms with Crippen molar-refractivity contribution in [2.75, 3.05) is 38.8 Å². The van der Waals surface area contributed by atoms with Crippen LogP contribution in [-0.4, -0.2) is 43.4 Å². The number of halogens is 2. The van der Waals surface area contributed by atoms with Gasteiger partial charge in [-0.1, -0.05) is 0 Å². The van der Waals surface area contributed by atoms with E-state index in [0.29, 0.717) is 25.6 Å². The molecule has 1 aromatic rings. The predicted molar refractivity (Wildman–Crippen MR) is 70.5 cm³/mol. The van der Waals surface area contributed by atoms with Crippen LogP contribution in [-0.2, 0) is 9.47 Å². The summed E-state index contributed by atoms with van der Waals surface area (Å²) in [5, 5.41) is 3.38. The van der Waals surface area contributed by atoms with Crippen LogP contribution in [0.2, 0.25) is 5.28 Å². The monoisotopic (exact) mass is 323 g/mol. The lowest BCUT2D eigenvalue weighted by molar-refractivity contribution is 0.0705. The summed E-state index contributed by atoms with van der Waals surface area (Å²) in [6, 6.07) is 0. The van der Waals surface area contributed by atoms with Gasteiger partial charge in [-0.25, -0.2) is 4.98 Å². The van der Waals surface area contributed by atoms with Crippen molar-refractivity contribution >= 4 is 33.3 Å². The molecule has 0 radical (unpaired) electrons. The number of ether oxygens (including phenoxy) is 2. The van der Waals surface area contributed by atoms with Gasteiger partial charge < -0.3 is 14.8 Å². The fraction of sp³-hybridized carbons (Fsp3) is 0.600. The first-order chi connectivity index (χ1) is 8.24. The largest absolute Gasteiger partial charge is 0.382 e. The van der Waals surface area contributed by atoms with E-state index in [1.165, 1.54) is 0 Å². The summed E-state index contributed by atoms with van der Waals surface area (Å²) in [6.45, 7) is 2.70. The Labute approximate surface area is 114 Å². The van der Waals surface area contributed by atoms with Crippen LogP contribution in [0.4, 0.5) is 5.82 Å². The number of anilines is 1. The SMILES string of the molecule is COCCOCCCNc1nc(Cl)ncc1Br. The Kier molecular flexibility index (Phi) is 7.43. The van der Waals surface area contributed by atoms with E-state index < -0.39 is 0 Å². The second-order valence-corrected chi connectivity index (χ2v) is 4.41. The van der Waals surface area contributed by atoms with E-state index >= 15 is 0 Å². The van der Waals surface area contributed by atoms with E-state index in [2.05, 4.69) is 31.2 Å². The van der Waals surface area contributed by atoms with E-state index in [1.54, 1.807) is 13.3 Å². The molecule has 0 saturated heterocycles. The Morgan fingerprint density at radius 1 is 1.41 bits per heavy atom. The molecule has 0 saturated carbocycles. The molecule has 5 nitrogen and oxygen atoms in total. The van der Waals surface area contributed by atoms with Gasteiger partial charge in [0.15, 0.2) is 0 Å². The highest BCUT2D eigenvalue weighted by Crippen LogP contribution is 2.19. The molecule has 7 heteroatoms. The van der Waals surface area contributed by atoms with E-state index in [0.717, 1.165) is 17.4 Å². The van der Waals surface area contributed by atoms with Crippen molar-refractivity contribution < 1.29 is 9.47 Å². The third kappa shape index (κ3) is 6.16. The van der Waals surface area contributed by atoms with Crippen LogP contribution in [0.5, 0.6) is 0 Å². The molecule has 0 fully saturated rings. The summed E-state index contributed by atoms with van der Waals surface area (Å²) < 4.78 is 11.0. The van der Waals surface area contributed by atoms with Gasteiger partial charge in [0.05, 0.1) is 17.7 Å². The number of rotatable bonds is 8. The van der Waals surface area contributed by atoms with Crippen LogP contribution >= 0.6 is 27.5 Å². The maximum atomic E-state index is 5.69. The highest BCUT2D eigenvalue weighted by molar-refractivity contribution is 9.10.